The average Bonchev–Trinajstić information content (AvgIpc) is 2.89. The molecule has 4 rings (SSSR count). The maximum Gasteiger partial charge on any atom is 0.303 e. The number of halogens is 2. The lowest BCUT2D eigenvalue weighted by molar-refractivity contribution is -0.147. The van der Waals surface area contributed by atoms with Crippen molar-refractivity contribution in [1.29, 1.82) is 0 Å². The van der Waals surface area contributed by atoms with Crippen LogP contribution in [0.2, 0.25) is 10.0 Å². The number of benzene rings is 2. The van der Waals surface area contributed by atoms with Gasteiger partial charge in [0.05, 0.1) is 27.0 Å². The van der Waals surface area contributed by atoms with E-state index in [9.17, 15) is 22.8 Å². The van der Waals surface area contributed by atoms with E-state index >= 15 is 0 Å². The molecule has 3 aromatic rings. The number of nitrogens with one attached hydrogen (secondary N) is 2. The van der Waals surface area contributed by atoms with Gasteiger partial charge in [-0.25, -0.2) is 8.42 Å². The standard InChI is InChI=1S/C27H29Cl2N3O7S/c1-16(33)38-19(15-32-9-7-17(8-10-32)39-18-3-6-24(28)25(29)11-18)13-30-27(35)23-14-31-26(34)22-12-20(40(2,36)37)4-5-21(22)23/h3-6,11-12,14,17,19H,7-10,13,15H2,1-2H3,(H,30,35)(H,31,34)/t19-/m1/s1. The van der Waals surface area contributed by atoms with Crippen molar-refractivity contribution in [2.45, 2.75) is 36.9 Å². The first-order valence-corrected chi connectivity index (χ1v) is 15.2. The number of esters is 1. The lowest BCUT2D eigenvalue weighted by atomic mass is 10.1. The molecule has 214 valence electrons. The zero-order valence-electron chi connectivity index (χ0n) is 21.9. The number of piperidine rings is 1. The molecule has 1 aliphatic heterocycles. The number of H-pyrrole nitrogens is 1. The van der Waals surface area contributed by atoms with Crippen LogP contribution in [-0.4, -0.2) is 74.8 Å². The predicted octanol–water partition coefficient (Wildman–Crippen LogP) is 3.44. The molecule has 2 aromatic carbocycles. The summed E-state index contributed by atoms with van der Waals surface area (Å²) in [4.78, 5) is 41.7. The summed E-state index contributed by atoms with van der Waals surface area (Å²) in [6.45, 7) is 3.15. The summed E-state index contributed by atoms with van der Waals surface area (Å²) in [5, 5.41) is 4.05. The zero-order valence-corrected chi connectivity index (χ0v) is 24.2. The first kappa shape index (κ1) is 29.9. The van der Waals surface area contributed by atoms with E-state index in [0.717, 1.165) is 19.1 Å². The molecule has 0 saturated carbocycles. The largest absolute Gasteiger partial charge is 0.490 e. The number of pyridine rings is 1. The number of hydrogen-bond acceptors (Lipinski definition) is 8. The van der Waals surface area contributed by atoms with Gasteiger partial charge in [-0.15, -0.1) is 0 Å². The van der Waals surface area contributed by atoms with Gasteiger partial charge in [-0.2, -0.15) is 0 Å². The van der Waals surface area contributed by atoms with E-state index in [4.69, 9.17) is 32.7 Å². The molecule has 1 fully saturated rings. The fraction of sp³-hybridized carbons (Fsp3) is 0.370. The number of carbonyl (C=O) groups is 2. The van der Waals surface area contributed by atoms with Gasteiger partial charge in [0.1, 0.15) is 18.0 Å². The van der Waals surface area contributed by atoms with Crippen LogP contribution in [0.25, 0.3) is 10.8 Å². The SMILES string of the molecule is CC(=O)O[C@H](CNC(=O)c1c[nH]c(=O)c2cc(S(C)(=O)=O)ccc12)CN1CCC(Oc2ccc(Cl)c(Cl)c2)CC1. The summed E-state index contributed by atoms with van der Waals surface area (Å²) in [5.41, 5.74) is -0.349. The number of hydrogen-bond donors (Lipinski definition) is 2. The summed E-state index contributed by atoms with van der Waals surface area (Å²) in [6, 6.07) is 9.18. The maximum absolute atomic E-state index is 13.1. The summed E-state index contributed by atoms with van der Waals surface area (Å²) < 4.78 is 35.3. The highest BCUT2D eigenvalue weighted by Gasteiger charge is 2.25. The van der Waals surface area contributed by atoms with Crippen LogP contribution in [0, 0.1) is 0 Å². The van der Waals surface area contributed by atoms with Gasteiger partial charge in [0.2, 0.25) is 0 Å². The Bertz CT molecular complexity index is 1580. The number of fused-ring (bicyclic) bond motifs is 1. The lowest BCUT2D eigenvalue weighted by Crippen LogP contribution is -2.46. The van der Waals surface area contributed by atoms with Gasteiger partial charge < -0.3 is 19.8 Å². The van der Waals surface area contributed by atoms with Crippen LogP contribution in [0.4, 0.5) is 0 Å². The Morgan fingerprint density at radius 2 is 1.82 bits per heavy atom. The highest BCUT2D eigenvalue weighted by molar-refractivity contribution is 7.90. The molecule has 13 heteroatoms. The van der Waals surface area contributed by atoms with Crippen molar-refractivity contribution in [2.75, 3.05) is 32.4 Å². The van der Waals surface area contributed by atoms with E-state index in [2.05, 4.69) is 15.2 Å². The summed E-state index contributed by atoms with van der Waals surface area (Å²) in [7, 11) is -3.54. The van der Waals surface area contributed by atoms with Crippen molar-refractivity contribution in [3.8, 4) is 5.75 Å². The second-order valence-electron chi connectivity index (χ2n) is 9.65. The van der Waals surface area contributed by atoms with Gasteiger partial charge in [0, 0.05) is 55.8 Å². The molecule has 1 aliphatic rings. The van der Waals surface area contributed by atoms with Gasteiger partial charge in [-0.3, -0.25) is 19.3 Å². The Balaban J connectivity index is 1.37. The van der Waals surface area contributed by atoms with Crippen LogP contribution < -0.4 is 15.6 Å². The monoisotopic (exact) mass is 609 g/mol. The number of likely N-dealkylation sites (tertiary alicyclic amines) is 1. The molecule has 2 N–H and O–H groups in total. The lowest BCUT2D eigenvalue weighted by Gasteiger charge is -2.34. The minimum atomic E-state index is -3.54. The van der Waals surface area contributed by atoms with Crippen molar-refractivity contribution in [1.82, 2.24) is 15.2 Å². The van der Waals surface area contributed by atoms with Gasteiger partial charge in [-0.05, 0) is 37.1 Å². The minimum absolute atomic E-state index is 0.00269. The van der Waals surface area contributed by atoms with Crippen molar-refractivity contribution >= 4 is 55.7 Å². The Labute approximate surface area is 241 Å². The number of amides is 1. The molecule has 1 atom stereocenters. The first-order valence-electron chi connectivity index (χ1n) is 12.6. The smallest absolute Gasteiger partial charge is 0.303 e. The summed E-state index contributed by atoms with van der Waals surface area (Å²) in [5.74, 6) is -0.324. The van der Waals surface area contributed by atoms with E-state index in [-0.39, 0.29) is 28.5 Å². The van der Waals surface area contributed by atoms with Crippen LogP contribution in [0.15, 0.2) is 52.3 Å². The van der Waals surface area contributed by atoms with Crippen LogP contribution in [0.5, 0.6) is 5.75 Å². The number of carbonyl (C=O) groups excluding carboxylic acids is 2. The van der Waals surface area contributed by atoms with E-state index in [1.807, 2.05) is 0 Å². The van der Waals surface area contributed by atoms with E-state index in [0.29, 0.717) is 40.8 Å². The third kappa shape index (κ3) is 7.54. The van der Waals surface area contributed by atoms with Crippen molar-refractivity contribution < 1.29 is 27.5 Å². The third-order valence-corrected chi connectivity index (χ3v) is 8.41. The van der Waals surface area contributed by atoms with Crippen molar-refractivity contribution in [2.24, 2.45) is 0 Å². The Morgan fingerprint density at radius 1 is 1.10 bits per heavy atom. The van der Waals surface area contributed by atoms with E-state index in [1.54, 1.807) is 18.2 Å². The van der Waals surface area contributed by atoms with Gasteiger partial charge in [0.25, 0.3) is 11.5 Å². The van der Waals surface area contributed by atoms with Gasteiger partial charge >= 0.3 is 5.97 Å². The number of nitrogens with zero attached hydrogens (tertiary/aromatic N) is 1. The summed E-state index contributed by atoms with van der Waals surface area (Å²) >= 11 is 12.0. The number of sulfone groups is 1. The highest BCUT2D eigenvalue weighted by Crippen LogP contribution is 2.28. The topological polar surface area (TPSA) is 135 Å². The van der Waals surface area contributed by atoms with Crippen molar-refractivity contribution in [3.05, 3.63) is 68.6 Å². The quantitative estimate of drug-likeness (QED) is 0.352. The fourth-order valence-electron chi connectivity index (χ4n) is 4.58. The first-order chi connectivity index (χ1) is 18.9. The molecule has 10 nitrogen and oxygen atoms in total. The van der Waals surface area contributed by atoms with Crippen LogP contribution in [-0.2, 0) is 19.4 Å². The Kier molecular flexibility index (Phi) is 9.40. The molecule has 2 heterocycles. The van der Waals surface area contributed by atoms with Crippen LogP contribution in [0.1, 0.15) is 30.1 Å². The Hall–Kier alpha value is -3.12. The molecule has 40 heavy (non-hydrogen) atoms. The molecule has 1 saturated heterocycles. The molecule has 0 aliphatic carbocycles. The average molecular weight is 611 g/mol. The highest BCUT2D eigenvalue weighted by atomic mass is 35.5. The van der Waals surface area contributed by atoms with E-state index < -0.39 is 33.4 Å². The Morgan fingerprint density at radius 3 is 2.48 bits per heavy atom. The predicted molar refractivity (Wildman–Crippen MR) is 152 cm³/mol. The molecular weight excluding hydrogens is 581 g/mol. The van der Waals surface area contributed by atoms with Gasteiger partial charge in [0.15, 0.2) is 9.84 Å². The molecule has 1 aromatic heterocycles. The third-order valence-electron chi connectivity index (χ3n) is 6.56. The number of aromatic nitrogens is 1. The van der Waals surface area contributed by atoms with Crippen LogP contribution in [0.3, 0.4) is 0 Å². The van der Waals surface area contributed by atoms with Crippen LogP contribution >= 0.6 is 23.2 Å². The zero-order chi connectivity index (χ0) is 29.0. The normalized spacial score (nSPS) is 15.5. The number of aromatic amines is 1. The van der Waals surface area contributed by atoms with Crippen molar-refractivity contribution in [3.63, 3.8) is 0 Å². The van der Waals surface area contributed by atoms with E-state index in [1.165, 1.54) is 31.3 Å². The molecular formula is C27H29Cl2N3O7S. The summed E-state index contributed by atoms with van der Waals surface area (Å²) in [6.07, 6.45) is 3.20. The molecule has 1 amide bonds. The fourth-order valence-corrected chi connectivity index (χ4v) is 5.51. The molecule has 0 spiro atoms. The minimum Gasteiger partial charge on any atom is -0.490 e. The molecule has 0 bridgehead atoms. The number of rotatable bonds is 9. The number of ether oxygens (including phenoxy) is 2. The second kappa shape index (κ2) is 12.6. The second-order valence-corrected chi connectivity index (χ2v) is 12.5. The molecule has 0 unspecified atom stereocenters. The maximum atomic E-state index is 13.1. The molecule has 0 radical (unpaired) electrons. The van der Waals surface area contributed by atoms with Gasteiger partial charge in [-0.1, -0.05) is 29.3 Å².